The van der Waals surface area contributed by atoms with Crippen molar-refractivity contribution in [1.29, 1.82) is 0 Å². The van der Waals surface area contributed by atoms with E-state index < -0.39 is 5.66 Å². The van der Waals surface area contributed by atoms with Crippen LogP contribution in [0.3, 0.4) is 0 Å². The summed E-state index contributed by atoms with van der Waals surface area (Å²) in [6, 6.07) is 0. The Balaban J connectivity index is 1.87. The van der Waals surface area contributed by atoms with Crippen molar-refractivity contribution in [2.45, 2.75) is 51.7 Å². The molecule has 1 N–H and O–H groups in total. The van der Waals surface area contributed by atoms with E-state index in [9.17, 15) is 4.79 Å². The third kappa shape index (κ3) is 4.69. The first-order valence-electron chi connectivity index (χ1n) is 7.68. The van der Waals surface area contributed by atoms with E-state index in [-0.39, 0.29) is 5.91 Å². The van der Waals surface area contributed by atoms with E-state index in [4.69, 9.17) is 6.42 Å². The van der Waals surface area contributed by atoms with Gasteiger partial charge in [-0.05, 0) is 5.92 Å². The number of carbonyl (C=O) groups excluding carboxylic acids is 1. The molecule has 118 valence electrons. The summed E-state index contributed by atoms with van der Waals surface area (Å²) >= 11 is 0. The van der Waals surface area contributed by atoms with Gasteiger partial charge in [0.1, 0.15) is 5.82 Å². The van der Waals surface area contributed by atoms with Crippen molar-refractivity contribution < 1.29 is 4.79 Å². The monoisotopic (exact) mass is 301 g/mol. The lowest BCUT2D eigenvalue weighted by molar-refractivity contribution is -0.132. The lowest BCUT2D eigenvalue weighted by Gasteiger charge is -2.24. The normalized spacial score (nSPS) is 14.8. The fourth-order valence-electron chi connectivity index (χ4n) is 2.39. The second-order valence-corrected chi connectivity index (χ2v) is 6.09. The molecule has 1 aromatic rings. The average Bonchev–Trinajstić information content (AvgIpc) is 3.07. The summed E-state index contributed by atoms with van der Waals surface area (Å²) in [5, 5.41) is 8.16. The molecule has 22 heavy (non-hydrogen) atoms. The Hall–Kier alpha value is -2.16. The predicted octanol–water partition coefficient (Wildman–Crippen LogP) is 2.75. The van der Waals surface area contributed by atoms with Crippen molar-refractivity contribution >= 4 is 5.91 Å². The van der Waals surface area contributed by atoms with Crippen LogP contribution < -0.4 is 0 Å². The third-order valence-corrected chi connectivity index (χ3v) is 3.63. The number of hydrogen-bond donors (Lipinski definition) is 1. The first-order chi connectivity index (χ1) is 10.5. The van der Waals surface area contributed by atoms with Gasteiger partial charge in [0.25, 0.3) is 0 Å². The lowest BCUT2D eigenvalue weighted by atomic mass is 10.0. The summed E-state index contributed by atoms with van der Waals surface area (Å²) in [6.07, 6.45) is 11.2. The number of aromatic nitrogens is 2. The molecular weight excluding hydrogens is 278 g/mol. The minimum Gasteiger partial charge on any atom is -0.347 e. The van der Waals surface area contributed by atoms with Gasteiger partial charge in [-0.1, -0.05) is 13.8 Å². The smallest absolute Gasteiger partial charge is 0.223 e. The SMILES string of the molecule is C#CCCC1(CCC(=O)N(Cc2ncc[nH]2)CC(C)C)N=N1. The number of H-pyrrole nitrogens is 1. The second kappa shape index (κ2) is 7.21. The number of imidazole rings is 1. The van der Waals surface area contributed by atoms with Crippen molar-refractivity contribution in [3.05, 3.63) is 18.2 Å². The molecule has 0 unspecified atom stereocenters. The fourth-order valence-corrected chi connectivity index (χ4v) is 2.39. The number of hydrogen-bond acceptors (Lipinski definition) is 4. The van der Waals surface area contributed by atoms with Crippen molar-refractivity contribution in [2.75, 3.05) is 6.54 Å². The molecule has 6 heteroatoms. The van der Waals surface area contributed by atoms with E-state index in [1.54, 1.807) is 12.4 Å². The standard InChI is InChI=1S/C16H23N5O/c1-4-5-7-16(19-20-16)8-6-15(22)21(11-13(2)3)12-14-17-9-10-18-14/h1,9-10,13H,5-8,11-12H2,2-3H3,(H,17,18). The van der Waals surface area contributed by atoms with Crippen LogP contribution in [0, 0.1) is 18.3 Å². The van der Waals surface area contributed by atoms with Gasteiger partial charge in [-0.2, -0.15) is 10.2 Å². The Bertz CT molecular complexity index is 550. The van der Waals surface area contributed by atoms with E-state index >= 15 is 0 Å². The van der Waals surface area contributed by atoms with Crippen LogP contribution in [-0.2, 0) is 11.3 Å². The zero-order chi connectivity index (χ0) is 16.0. The van der Waals surface area contributed by atoms with Gasteiger partial charge in [0, 0.05) is 44.6 Å². The van der Waals surface area contributed by atoms with Crippen LogP contribution in [0.2, 0.25) is 0 Å². The molecule has 0 atom stereocenters. The van der Waals surface area contributed by atoms with Crippen LogP contribution in [0.5, 0.6) is 0 Å². The van der Waals surface area contributed by atoms with Gasteiger partial charge < -0.3 is 9.88 Å². The Morgan fingerprint density at radius 1 is 1.45 bits per heavy atom. The highest BCUT2D eigenvalue weighted by atomic mass is 16.2. The second-order valence-electron chi connectivity index (χ2n) is 6.09. The van der Waals surface area contributed by atoms with Gasteiger partial charge >= 0.3 is 0 Å². The highest BCUT2D eigenvalue weighted by Gasteiger charge is 2.39. The molecule has 0 saturated heterocycles. The molecule has 0 bridgehead atoms. The molecule has 1 amide bonds. The van der Waals surface area contributed by atoms with E-state index in [0.717, 1.165) is 12.2 Å². The van der Waals surface area contributed by atoms with E-state index in [1.807, 2.05) is 4.90 Å². The minimum absolute atomic E-state index is 0.113. The zero-order valence-corrected chi connectivity index (χ0v) is 13.2. The van der Waals surface area contributed by atoms with Crippen LogP contribution in [0.4, 0.5) is 0 Å². The Morgan fingerprint density at radius 3 is 2.77 bits per heavy atom. The number of carbonyl (C=O) groups is 1. The highest BCUT2D eigenvalue weighted by molar-refractivity contribution is 5.76. The summed E-state index contributed by atoms with van der Waals surface area (Å²) in [7, 11) is 0. The number of rotatable bonds is 9. The Labute approximate surface area is 131 Å². The fraction of sp³-hybridized carbons (Fsp3) is 0.625. The third-order valence-electron chi connectivity index (χ3n) is 3.63. The first kappa shape index (κ1) is 16.2. The summed E-state index contributed by atoms with van der Waals surface area (Å²) in [6.45, 7) is 5.42. The first-order valence-corrected chi connectivity index (χ1v) is 7.68. The number of amides is 1. The highest BCUT2D eigenvalue weighted by Crippen LogP contribution is 2.37. The quantitative estimate of drug-likeness (QED) is 0.712. The maximum Gasteiger partial charge on any atom is 0.223 e. The number of aromatic amines is 1. The maximum atomic E-state index is 12.5. The van der Waals surface area contributed by atoms with Crippen LogP contribution in [-0.4, -0.2) is 33.0 Å². The molecule has 0 aromatic carbocycles. The van der Waals surface area contributed by atoms with Crippen molar-refractivity contribution in [1.82, 2.24) is 14.9 Å². The van der Waals surface area contributed by atoms with Gasteiger partial charge in [0.05, 0.1) is 6.54 Å². The van der Waals surface area contributed by atoms with Crippen LogP contribution >= 0.6 is 0 Å². The maximum absolute atomic E-state index is 12.5. The summed E-state index contributed by atoms with van der Waals surface area (Å²) in [5.41, 5.74) is -0.393. The molecule has 6 nitrogen and oxygen atoms in total. The van der Waals surface area contributed by atoms with Gasteiger partial charge in [-0.15, -0.1) is 12.3 Å². The molecule has 2 rings (SSSR count). The van der Waals surface area contributed by atoms with Crippen molar-refractivity contribution in [3.8, 4) is 12.3 Å². The topological polar surface area (TPSA) is 73.7 Å². The van der Waals surface area contributed by atoms with E-state index in [1.165, 1.54) is 0 Å². The largest absolute Gasteiger partial charge is 0.347 e. The van der Waals surface area contributed by atoms with Gasteiger partial charge in [0.15, 0.2) is 5.66 Å². The molecule has 1 aliphatic rings. The van der Waals surface area contributed by atoms with Crippen LogP contribution in [0.1, 0.15) is 45.4 Å². The molecule has 2 heterocycles. The summed E-state index contributed by atoms with van der Waals surface area (Å²) in [4.78, 5) is 21.6. The van der Waals surface area contributed by atoms with Gasteiger partial charge in [-0.25, -0.2) is 4.98 Å². The molecular formula is C16H23N5O. The average molecular weight is 301 g/mol. The predicted molar refractivity (Wildman–Crippen MR) is 83.7 cm³/mol. The minimum atomic E-state index is -0.393. The van der Waals surface area contributed by atoms with E-state index in [0.29, 0.717) is 38.3 Å². The zero-order valence-electron chi connectivity index (χ0n) is 13.2. The molecule has 0 spiro atoms. The summed E-state index contributed by atoms with van der Waals surface area (Å²) in [5.74, 6) is 3.93. The summed E-state index contributed by atoms with van der Waals surface area (Å²) < 4.78 is 0. The molecule has 0 saturated carbocycles. The molecule has 1 aliphatic heterocycles. The number of nitrogens with zero attached hydrogens (tertiary/aromatic N) is 4. The number of terminal acetylenes is 1. The number of nitrogens with one attached hydrogen (secondary N) is 1. The molecule has 0 aliphatic carbocycles. The van der Waals surface area contributed by atoms with Crippen LogP contribution in [0.25, 0.3) is 0 Å². The van der Waals surface area contributed by atoms with Crippen LogP contribution in [0.15, 0.2) is 22.6 Å². The van der Waals surface area contributed by atoms with Gasteiger partial charge in [0.2, 0.25) is 5.91 Å². The van der Waals surface area contributed by atoms with Crippen molar-refractivity contribution in [2.24, 2.45) is 16.1 Å². The molecule has 1 aromatic heterocycles. The Morgan fingerprint density at radius 2 is 2.23 bits per heavy atom. The molecule has 0 fully saturated rings. The van der Waals surface area contributed by atoms with Crippen molar-refractivity contribution in [3.63, 3.8) is 0 Å². The Kier molecular flexibility index (Phi) is 5.31. The lowest BCUT2D eigenvalue weighted by Crippen LogP contribution is -2.34. The molecule has 0 radical (unpaired) electrons. The van der Waals surface area contributed by atoms with E-state index in [2.05, 4.69) is 40.0 Å². The van der Waals surface area contributed by atoms with Gasteiger partial charge in [-0.3, -0.25) is 4.79 Å².